The fraction of sp³-hybridized carbons (Fsp3) is 0.750. The van der Waals surface area contributed by atoms with Crippen molar-refractivity contribution in [3.05, 3.63) is 23.5 Å². The number of allylic oxidation sites excluding steroid dienone is 1. The van der Waals surface area contributed by atoms with Gasteiger partial charge in [-0.25, -0.2) is 4.68 Å². The highest BCUT2D eigenvalue weighted by Crippen LogP contribution is 2.67. The Kier molecular flexibility index (Phi) is 4.88. The maximum absolute atomic E-state index is 12.0. The molecule has 0 amide bonds. The van der Waals surface area contributed by atoms with E-state index in [-0.39, 0.29) is 17.3 Å². The highest BCUT2D eigenvalue weighted by atomic mass is 16.4. The maximum atomic E-state index is 12.0. The van der Waals surface area contributed by atoms with E-state index in [1.165, 1.54) is 31.3 Å². The summed E-state index contributed by atoms with van der Waals surface area (Å²) in [4.78, 5) is 23.1. The molecule has 1 heterocycles. The molecule has 0 unspecified atom stereocenters. The van der Waals surface area contributed by atoms with E-state index in [1.807, 2.05) is 17.0 Å². The Morgan fingerprint density at radius 1 is 1.23 bits per heavy atom. The minimum absolute atomic E-state index is 0.184. The molecule has 0 spiro atoms. The zero-order chi connectivity index (χ0) is 22.0. The number of nitrogens with zero attached hydrogens (tertiary/aromatic N) is 3. The fourth-order valence-corrected chi connectivity index (χ4v) is 7.84. The van der Waals surface area contributed by atoms with Crippen molar-refractivity contribution in [3.63, 3.8) is 0 Å². The van der Waals surface area contributed by atoms with Crippen LogP contribution < -0.4 is 5.73 Å². The number of carboxylic acids is 1. The average Bonchev–Trinajstić information content (AvgIpc) is 3.31. The Hall–Kier alpha value is -2.02. The summed E-state index contributed by atoms with van der Waals surface area (Å²) < 4.78 is 2.00. The number of rotatable bonds is 4. The highest BCUT2D eigenvalue weighted by Gasteiger charge is 2.59. The third kappa shape index (κ3) is 3.19. The van der Waals surface area contributed by atoms with E-state index >= 15 is 0 Å². The van der Waals surface area contributed by atoms with Gasteiger partial charge in [0.25, 0.3) is 0 Å². The van der Waals surface area contributed by atoms with Crippen LogP contribution in [-0.4, -0.2) is 37.9 Å². The van der Waals surface area contributed by atoms with Gasteiger partial charge in [-0.1, -0.05) is 24.6 Å². The van der Waals surface area contributed by atoms with Crippen LogP contribution in [0.15, 0.2) is 17.8 Å². The molecule has 3 fully saturated rings. The van der Waals surface area contributed by atoms with Crippen LogP contribution in [0.3, 0.4) is 0 Å². The Labute approximate surface area is 183 Å². The zero-order valence-corrected chi connectivity index (χ0v) is 18.6. The van der Waals surface area contributed by atoms with Gasteiger partial charge >= 0.3 is 5.97 Å². The molecule has 1 aromatic rings. The second kappa shape index (κ2) is 7.26. The molecule has 3 N–H and O–H groups in total. The smallest absolute Gasteiger partial charge is 0.320 e. The molecule has 7 heteroatoms. The van der Waals surface area contributed by atoms with Crippen LogP contribution in [0, 0.1) is 28.6 Å². The largest absolute Gasteiger partial charge is 0.480 e. The fourth-order valence-electron chi connectivity index (χ4n) is 7.84. The van der Waals surface area contributed by atoms with E-state index < -0.39 is 12.0 Å². The summed E-state index contributed by atoms with van der Waals surface area (Å²) in [7, 11) is 0. The summed E-state index contributed by atoms with van der Waals surface area (Å²) in [5.74, 6) is 1.36. The molecule has 0 saturated heterocycles. The Morgan fingerprint density at radius 2 is 2.03 bits per heavy atom. The first-order valence-electron chi connectivity index (χ1n) is 11.9. The predicted molar refractivity (Wildman–Crippen MR) is 115 cm³/mol. The normalized spacial score (nSPS) is 40.5. The summed E-state index contributed by atoms with van der Waals surface area (Å²) in [5, 5.41) is 17.7. The molecular weight excluding hydrogens is 392 g/mol. The van der Waals surface area contributed by atoms with E-state index in [9.17, 15) is 9.59 Å². The number of carboxylic acid groups (broad SMARTS) is 1. The molecule has 4 aliphatic carbocycles. The van der Waals surface area contributed by atoms with E-state index in [2.05, 4.69) is 24.2 Å². The van der Waals surface area contributed by atoms with Crippen LogP contribution in [0.2, 0.25) is 0 Å². The number of fused-ring (bicyclic) bond motifs is 5. The van der Waals surface area contributed by atoms with Crippen molar-refractivity contribution < 1.29 is 14.7 Å². The minimum atomic E-state index is -1.01. The molecule has 0 aromatic carbocycles. The summed E-state index contributed by atoms with van der Waals surface area (Å²) in [6, 6.07) is -0.640. The SMILES string of the molecule is C[C@]12CC[C@H]3[C@@H](CCC4=CC(=O)CC[C@@]43C)[C@@H]1CC[C@H]2n1cc(C[C@H](N)C(=O)O)nn1. The van der Waals surface area contributed by atoms with Crippen molar-refractivity contribution in [1.82, 2.24) is 15.0 Å². The van der Waals surface area contributed by atoms with Crippen LogP contribution >= 0.6 is 0 Å². The quantitative estimate of drug-likeness (QED) is 0.764. The van der Waals surface area contributed by atoms with Gasteiger partial charge in [0.05, 0.1) is 11.7 Å². The maximum Gasteiger partial charge on any atom is 0.320 e. The van der Waals surface area contributed by atoms with Gasteiger partial charge < -0.3 is 10.8 Å². The van der Waals surface area contributed by atoms with Crippen molar-refractivity contribution in [2.45, 2.75) is 83.7 Å². The average molecular weight is 427 g/mol. The molecule has 0 radical (unpaired) electrons. The molecule has 1 aromatic heterocycles. The second-order valence-corrected chi connectivity index (χ2v) is 10.9. The van der Waals surface area contributed by atoms with Crippen molar-refractivity contribution in [1.29, 1.82) is 0 Å². The predicted octanol–water partition coefficient (Wildman–Crippen LogP) is 3.31. The molecule has 7 atom stereocenters. The number of carbonyl (C=O) groups is 2. The van der Waals surface area contributed by atoms with Crippen LogP contribution in [0.5, 0.6) is 0 Å². The van der Waals surface area contributed by atoms with E-state index in [1.54, 1.807) is 0 Å². The lowest BCUT2D eigenvalue weighted by atomic mass is 9.47. The summed E-state index contributed by atoms with van der Waals surface area (Å²) >= 11 is 0. The lowest BCUT2D eigenvalue weighted by molar-refractivity contribution is -0.138. The Bertz CT molecular complexity index is 939. The van der Waals surface area contributed by atoms with E-state index in [4.69, 9.17) is 10.8 Å². The highest BCUT2D eigenvalue weighted by molar-refractivity contribution is 5.91. The number of carbonyl (C=O) groups excluding carboxylic acids is 1. The van der Waals surface area contributed by atoms with Gasteiger partial charge in [-0.2, -0.15) is 0 Å². The van der Waals surface area contributed by atoms with Gasteiger partial charge in [0.15, 0.2) is 5.78 Å². The number of hydrogen-bond acceptors (Lipinski definition) is 5. The number of aromatic nitrogens is 3. The lowest BCUT2D eigenvalue weighted by Crippen LogP contribution is -2.50. The molecular formula is C24H34N4O3. The molecule has 7 nitrogen and oxygen atoms in total. The molecule has 3 saturated carbocycles. The monoisotopic (exact) mass is 426 g/mol. The van der Waals surface area contributed by atoms with Crippen LogP contribution in [-0.2, 0) is 16.0 Å². The zero-order valence-electron chi connectivity index (χ0n) is 18.6. The van der Waals surface area contributed by atoms with E-state index in [0.717, 1.165) is 19.3 Å². The van der Waals surface area contributed by atoms with Gasteiger partial charge in [0, 0.05) is 19.0 Å². The second-order valence-electron chi connectivity index (χ2n) is 10.9. The third-order valence-corrected chi connectivity index (χ3v) is 9.54. The molecule has 168 valence electrons. The number of aliphatic carboxylic acids is 1. The van der Waals surface area contributed by atoms with Gasteiger partial charge in [-0.15, -0.1) is 5.10 Å². The standard InChI is InChI=1S/C24H34N4O3/c1-23-9-7-16(29)11-14(23)3-4-17-18-5-6-21(24(18,2)10-8-19(17)23)28-13-15(26-27-28)12-20(25)22(30)31/h11,13,17-21H,3-10,12,25H2,1-2H3,(H,30,31)/t17-,18-,19-,20-,21+,23-,24-/m0/s1. The summed E-state index contributed by atoms with van der Waals surface area (Å²) in [6.45, 7) is 4.86. The molecule has 5 rings (SSSR count). The molecule has 4 aliphatic rings. The Balaban J connectivity index is 1.37. The molecule has 0 bridgehead atoms. The van der Waals surface area contributed by atoms with Gasteiger partial charge in [0.2, 0.25) is 0 Å². The number of ketones is 1. The van der Waals surface area contributed by atoms with Crippen molar-refractivity contribution in [3.8, 4) is 0 Å². The van der Waals surface area contributed by atoms with Gasteiger partial charge in [-0.05, 0) is 79.6 Å². The summed E-state index contributed by atoms with van der Waals surface area (Å²) in [6.07, 6.45) is 12.8. The van der Waals surface area contributed by atoms with Gasteiger partial charge in [-0.3, -0.25) is 9.59 Å². The van der Waals surface area contributed by atoms with Gasteiger partial charge in [0.1, 0.15) is 6.04 Å². The lowest BCUT2D eigenvalue weighted by Gasteiger charge is -2.58. The topological polar surface area (TPSA) is 111 Å². The minimum Gasteiger partial charge on any atom is -0.480 e. The molecule has 0 aliphatic heterocycles. The molecule has 31 heavy (non-hydrogen) atoms. The number of nitrogens with two attached hydrogens (primary N) is 1. The van der Waals surface area contributed by atoms with E-state index in [0.29, 0.717) is 41.7 Å². The van der Waals surface area contributed by atoms with Crippen LogP contribution in [0.25, 0.3) is 0 Å². The Morgan fingerprint density at radius 3 is 2.81 bits per heavy atom. The number of hydrogen-bond donors (Lipinski definition) is 2. The summed E-state index contributed by atoms with van der Waals surface area (Å²) in [5.41, 5.74) is 8.14. The van der Waals surface area contributed by atoms with Crippen molar-refractivity contribution >= 4 is 11.8 Å². The van der Waals surface area contributed by atoms with Crippen molar-refractivity contribution in [2.24, 2.45) is 34.3 Å². The van der Waals surface area contributed by atoms with Crippen LogP contribution in [0.4, 0.5) is 0 Å². The van der Waals surface area contributed by atoms with Crippen LogP contribution in [0.1, 0.15) is 76.9 Å². The first-order valence-corrected chi connectivity index (χ1v) is 11.9. The third-order valence-electron chi connectivity index (χ3n) is 9.54. The first-order chi connectivity index (χ1) is 14.7. The first kappa shape index (κ1) is 20.9. The van der Waals surface area contributed by atoms with Crippen molar-refractivity contribution in [2.75, 3.05) is 0 Å².